The first-order valence-corrected chi connectivity index (χ1v) is 4.81. The molecule has 0 aliphatic rings. The molecule has 2 rings (SSSR count). The first kappa shape index (κ1) is 9.79. The van der Waals surface area contributed by atoms with E-state index in [2.05, 4.69) is 15.1 Å². The van der Waals surface area contributed by atoms with Crippen LogP contribution in [0.25, 0.3) is 11.5 Å². The van der Waals surface area contributed by atoms with E-state index in [0.29, 0.717) is 11.7 Å². The van der Waals surface area contributed by atoms with Crippen LogP contribution in [-0.4, -0.2) is 15.1 Å². The maximum atomic E-state index is 5.79. The Labute approximate surface area is 87.3 Å². The fourth-order valence-corrected chi connectivity index (χ4v) is 1.17. The van der Waals surface area contributed by atoms with E-state index in [1.807, 2.05) is 19.1 Å². The van der Waals surface area contributed by atoms with Gasteiger partial charge in [-0.3, -0.25) is 4.98 Å². The molecule has 0 fully saturated rings. The summed E-state index contributed by atoms with van der Waals surface area (Å²) in [4.78, 5) is 8.18. The minimum absolute atomic E-state index is 0.167. The Bertz CT molecular complexity index is 426. The highest BCUT2D eigenvalue weighted by Gasteiger charge is 2.13. The summed E-state index contributed by atoms with van der Waals surface area (Å²) < 4.78 is 5.09. The van der Waals surface area contributed by atoms with Gasteiger partial charge in [0.2, 0.25) is 0 Å². The summed E-state index contributed by atoms with van der Waals surface area (Å²) in [5.41, 5.74) is 6.59. The van der Waals surface area contributed by atoms with Gasteiger partial charge in [-0.1, -0.05) is 12.1 Å². The molecule has 0 amide bonds. The zero-order valence-electron chi connectivity index (χ0n) is 8.42. The van der Waals surface area contributed by atoms with Crippen molar-refractivity contribution in [2.75, 3.05) is 0 Å². The molecule has 0 bridgehead atoms. The van der Waals surface area contributed by atoms with Crippen molar-refractivity contribution in [1.82, 2.24) is 15.1 Å². The van der Waals surface area contributed by atoms with Crippen molar-refractivity contribution >= 4 is 0 Å². The molecular weight excluding hydrogens is 192 g/mol. The molecule has 0 aliphatic heterocycles. The van der Waals surface area contributed by atoms with E-state index in [9.17, 15) is 0 Å². The summed E-state index contributed by atoms with van der Waals surface area (Å²) in [5, 5.41) is 3.82. The molecular formula is C10H12N4O. The Kier molecular flexibility index (Phi) is 2.73. The van der Waals surface area contributed by atoms with Gasteiger partial charge in [-0.15, -0.1) is 0 Å². The molecule has 2 aromatic rings. The molecule has 2 N–H and O–H groups in total. The molecule has 5 nitrogen and oxygen atoms in total. The zero-order valence-corrected chi connectivity index (χ0v) is 8.42. The third-order valence-electron chi connectivity index (χ3n) is 2.12. The standard InChI is InChI=1S/C10H12N4O/c1-2-8(11)9-13-10(15-14-9)7-4-3-5-12-6-7/h3-6,8H,2,11H2,1H3. The monoisotopic (exact) mass is 204 g/mol. The topological polar surface area (TPSA) is 77.8 Å². The van der Waals surface area contributed by atoms with Crippen molar-refractivity contribution in [3.63, 3.8) is 0 Å². The van der Waals surface area contributed by atoms with E-state index in [4.69, 9.17) is 10.3 Å². The second kappa shape index (κ2) is 4.18. The molecule has 78 valence electrons. The Morgan fingerprint density at radius 1 is 1.53 bits per heavy atom. The predicted molar refractivity (Wildman–Crippen MR) is 54.7 cm³/mol. The Hall–Kier alpha value is -1.75. The highest BCUT2D eigenvalue weighted by atomic mass is 16.5. The summed E-state index contributed by atoms with van der Waals surface area (Å²) in [6.07, 6.45) is 4.15. The van der Waals surface area contributed by atoms with E-state index in [1.54, 1.807) is 12.4 Å². The Morgan fingerprint density at radius 3 is 3.07 bits per heavy atom. The molecule has 2 aromatic heterocycles. The number of nitrogens with zero attached hydrogens (tertiary/aromatic N) is 3. The third-order valence-corrected chi connectivity index (χ3v) is 2.12. The van der Waals surface area contributed by atoms with Gasteiger partial charge in [-0.25, -0.2) is 0 Å². The molecule has 0 saturated carbocycles. The molecule has 2 heterocycles. The van der Waals surface area contributed by atoms with Crippen molar-refractivity contribution in [1.29, 1.82) is 0 Å². The van der Waals surface area contributed by atoms with Crippen LogP contribution >= 0.6 is 0 Å². The minimum Gasteiger partial charge on any atom is -0.334 e. The first-order valence-electron chi connectivity index (χ1n) is 4.81. The molecule has 1 atom stereocenters. The van der Waals surface area contributed by atoms with Crippen molar-refractivity contribution < 1.29 is 4.52 Å². The van der Waals surface area contributed by atoms with E-state index in [0.717, 1.165) is 12.0 Å². The third kappa shape index (κ3) is 2.02. The molecule has 5 heteroatoms. The van der Waals surface area contributed by atoms with Crippen LogP contribution in [-0.2, 0) is 0 Å². The number of rotatable bonds is 3. The maximum absolute atomic E-state index is 5.79. The molecule has 0 saturated heterocycles. The summed E-state index contributed by atoms with van der Waals surface area (Å²) in [5.74, 6) is 0.998. The van der Waals surface area contributed by atoms with Crippen LogP contribution in [0.15, 0.2) is 29.0 Å². The van der Waals surface area contributed by atoms with Gasteiger partial charge in [0.15, 0.2) is 5.82 Å². The normalized spacial score (nSPS) is 12.7. The number of aromatic nitrogens is 3. The Balaban J connectivity index is 2.28. The van der Waals surface area contributed by atoms with Crippen LogP contribution in [0, 0.1) is 0 Å². The van der Waals surface area contributed by atoms with Crippen LogP contribution in [0.2, 0.25) is 0 Å². The fourth-order valence-electron chi connectivity index (χ4n) is 1.17. The summed E-state index contributed by atoms with van der Waals surface area (Å²) in [7, 11) is 0. The van der Waals surface area contributed by atoms with E-state index in [-0.39, 0.29) is 6.04 Å². The predicted octanol–water partition coefficient (Wildman–Crippen LogP) is 1.54. The number of pyridine rings is 1. The van der Waals surface area contributed by atoms with Gasteiger partial charge in [0, 0.05) is 12.4 Å². The lowest BCUT2D eigenvalue weighted by molar-refractivity contribution is 0.415. The highest BCUT2D eigenvalue weighted by Crippen LogP contribution is 2.18. The lowest BCUT2D eigenvalue weighted by Gasteiger charge is -1.99. The molecule has 1 unspecified atom stereocenters. The van der Waals surface area contributed by atoms with E-state index >= 15 is 0 Å². The van der Waals surface area contributed by atoms with Crippen LogP contribution in [0.3, 0.4) is 0 Å². The van der Waals surface area contributed by atoms with Gasteiger partial charge >= 0.3 is 0 Å². The second-order valence-corrected chi connectivity index (χ2v) is 3.21. The van der Waals surface area contributed by atoms with Crippen LogP contribution < -0.4 is 5.73 Å². The van der Waals surface area contributed by atoms with Crippen LogP contribution in [0.5, 0.6) is 0 Å². The molecule has 0 radical (unpaired) electrons. The van der Waals surface area contributed by atoms with Crippen molar-refractivity contribution in [3.8, 4) is 11.5 Å². The van der Waals surface area contributed by atoms with Gasteiger partial charge in [0.05, 0.1) is 11.6 Å². The average Bonchev–Trinajstić information content (AvgIpc) is 2.78. The van der Waals surface area contributed by atoms with Crippen molar-refractivity contribution in [3.05, 3.63) is 30.4 Å². The summed E-state index contributed by atoms with van der Waals surface area (Å²) in [6, 6.07) is 3.51. The van der Waals surface area contributed by atoms with Gasteiger partial charge in [-0.2, -0.15) is 4.98 Å². The van der Waals surface area contributed by atoms with Crippen molar-refractivity contribution in [2.45, 2.75) is 19.4 Å². The van der Waals surface area contributed by atoms with Gasteiger partial charge in [0.1, 0.15) is 0 Å². The van der Waals surface area contributed by atoms with Crippen LogP contribution in [0.1, 0.15) is 25.2 Å². The van der Waals surface area contributed by atoms with Gasteiger partial charge in [0.25, 0.3) is 5.89 Å². The minimum atomic E-state index is -0.167. The van der Waals surface area contributed by atoms with Crippen LogP contribution in [0.4, 0.5) is 0 Å². The van der Waals surface area contributed by atoms with E-state index < -0.39 is 0 Å². The second-order valence-electron chi connectivity index (χ2n) is 3.21. The number of hydrogen-bond acceptors (Lipinski definition) is 5. The molecule has 15 heavy (non-hydrogen) atoms. The van der Waals surface area contributed by atoms with Gasteiger partial charge < -0.3 is 10.3 Å². The molecule has 0 aliphatic carbocycles. The smallest absolute Gasteiger partial charge is 0.259 e. The van der Waals surface area contributed by atoms with E-state index in [1.165, 1.54) is 0 Å². The number of nitrogens with two attached hydrogens (primary N) is 1. The van der Waals surface area contributed by atoms with Crippen molar-refractivity contribution in [2.24, 2.45) is 5.73 Å². The molecule has 0 aromatic carbocycles. The Morgan fingerprint density at radius 2 is 2.40 bits per heavy atom. The highest BCUT2D eigenvalue weighted by molar-refractivity contribution is 5.50. The summed E-state index contributed by atoms with van der Waals surface area (Å²) >= 11 is 0. The summed E-state index contributed by atoms with van der Waals surface area (Å²) in [6.45, 7) is 1.98. The zero-order chi connectivity index (χ0) is 10.7. The largest absolute Gasteiger partial charge is 0.334 e. The lowest BCUT2D eigenvalue weighted by Crippen LogP contribution is -2.10. The van der Waals surface area contributed by atoms with Gasteiger partial charge in [-0.05, 0) is 18.6 Å². The quantitative estimate of drug-likeness (QED) is 0.820. The first-order chi connectivity index (χ1) is 7.31. The SMILES string of the molecule is CCC(N)c1noc(-c2cccnc2)n1. The lowest BCUT2D eigenvalue weighted by atomic mass is 10.2. The average molecular weight is 204 g/mol. The maximum Gasteiger partial charge on any atom is 0.259 e. The molecule has 0 spiro atoms. The fraction of sp³-hybridized carbons (Fsp3) is 0.300. The number of hydrogen-bond donors (Lipinski definition) is 1.